The van der Waals surface area contributed by atoms with Gasteiger partial charge in [-0.2, -0.15) is 0 Å². The number of aliphatic hydroxyl groups is 1. The van der Waals surface area contributed by atoms with Gasteiger partial charge in [0.2, 0.25) is 0 Å². The molecule has 0 aromatic heterocycles. The van der Waals surface area contributed by atoms with Gasteiger partial charge in [-0.15, -0.1) is 6.58 Å². The molecule has 2 aliphatic rings. The number of hydrogen-bond acceptors (Lipinski definition) is 4. The number of allylic oxidation sites excluding steroid dienone is 1. The zero-order valence-electron chi connectivity index (χ0n) is 15.8. The number of aliphatic hydroxyl groups excluding tert-OH is 1. The molecule has 4 heteroatoms. The molecule has 0 amide bonds. The van der Waals surface area contributed by atoms with Crippen LogP contribution >= 0.6 is 0 Å². The Hall–Kier alpha value is -1.78. The number of nitrogens with zero attached hydrogens (tertiary/aromatic N) is 1. The maximum atomic E-state index is 9.84. The predicted molar refractivity (Wildman–Crippen MR) is 105 cm³/mol. The van der Waals surface area contributed by atoms with Crippen LogP contribution in [0.4, 0.5) is 0 Å². The highest BCUT2D eigenvalue weighted by atomic mass is 16.5. The highest BCUT2D eigenvalue weighted by Gasteiger charge is 2.40. The van der Waals surface area contributed by atoms with Crippen LogP contribution in [0.1, 0.15) is 30.9 Å². The van der Waals surface area contributed by atoms with Gasteiger partial charge in [0.1, 0.15) is 6.61 Å². The van der Waals surface area contributed by atoms with E-state index in [0.29, 0.717) is 25.0 Å². The lowest BCUT2D eigenvalue weighted by Gasteiger charge is -2.21. The standard InChI is InChI=1S/C22H31NO3/c1-4-7-17-9-16(10-21(25-6-3)22(17)26-8-5-2)13-23-14-18-11-20(24)12-19(18)15-23/h4-5,9-10,18-20,24H,1-2,6-8,11-15H2,3H3/t18-,19+,20?. The highest BCUT2D eigenvalue weighted by Crippen LogP contribution is 2.39. The van der Waals surface area contributed by atoms with Gasteiger partial charge in [0.05, 0.1) is 12.7 Å². The third kappa shape index (κ3) is 4.30. The lowest BCUT2D eigenvalue weighted by Crippen LogP contribution is -2.22. The van der Waals surface area contributed by atoms with Crippen LogP contribution in [0, 0.1) is 11.8 Å². The minimum atomic E-state index is -0.0859. The van der Waals surface area contributed by atoms with Gasteiger partial charge in [-0.3, -0.25) is 4.90 Å². The molecule has 1 heterocycles. The van der Waals surface area contributed by atoms with Crippen LogP contribution in [0.15, 0.2) is 37.4 Å². The van der Waals surface area contributed by atoms with E-state index in [9.17, 15) is 5.11 Å². The lowest BCUT2D eigenvalue weighted by atomic mass is 10.0. The first kappa shape index (κ1) is 19.0. The topological polar surface area (TPSA) is 41.9 Å². The molecule has 1 N–H and O–H groups in total. The van der Waals surface area contributed by atoms with Crippen molar-refractivity contribution in [2.75, 3.05) is 26.3 Å². The van der Waals surface area contributed by atoms with Crippen LogP contribution in [-0.2, 0) is 13.0 Å². The number of hydrogen-bond donors (Lipinski definition) is 1. The normalized spacial score (nSPS) is 25.1. The van der Waals surface area contributed by atoms with Crippen molar-refractivity contribution in [3.8, 4) is 11.5 Å². The molecular weight excluding hydrogens is 326 g/mol. The summed E-state index contributed by atoms with van der Waals surface area (Å²) in [5.74, 6) is 2.91. The van der Waals surface area contributed by atoms with Crippen LogP contribution < -0.4 is 9.47 Å². The van der Waals surface area contributed by atoms with Gasteiger partial charge in [-0.05, 0) is 49.7 Å². The Labute approximate surface area is 157 Å². The van der Waals surface area contributed by atoms with Crippen LogP contribution in [0.5, 0.6) is 11.5 Å². The SMILES string of the molecule is C=CCOc1c(CC=C)cc(CN2C[C@H]3CC(O)C[C@H]3C2)cc1OCC. The van der Waals surface area contributed by atoms with Gasteiger partial charge in [-0.1, -0.05) is 24.8 Å². The first-order valence-electron chi connectivity index (χ1n) is 9.68. The van der Waals surface area contributed by atoms with E-state index in [1.54, 1.807) is 6.08 Å². The minimum Gasteiger partial charge on any atom is -0.490 e. The molecule has 0 bridgehead atoms. The Morgan fingerprint density at radius 2 is 1.88 bits per heavy atom. The molecule has 1 aromatic carbocycles. The molecule has 3 rings (SSSR count). The van der Waals surface area contributed by atoms with Gasteiger partial charge < -0.3 is 14.6 Å². The van der Waals surface area contributed by atoms with Crippen molar-refractivity contribution in [2.24, 2.45) is 11.8 Å². The summed E-state index contributed by atoms with van der Waals surface area (Å²) < 4.78 is 11.8. The van der Waals surface area contributed by atoms with Crippen molar-refractivity contribution in [1.29, 1.82) is 0 Å². The summed E-state index contributed by atoms with van der Waals surface area (Å²) in [6.45, 7) is 13.7. The monoisotopic (exact) mass is 357 g/mol. The smallest absolute Gasteiger partial charge is 0.165 e. The second kappa shape index (κ2) is 8.74. The molecule has 1 saturated heterocycles. The summed E-state index contributed by atoms with van der Waals surface area (Å²) in [5.41, 5.74) is 2.36. The number of likely N-dealkylation sites (tertiary alicyclic amines) is 1. The van der Waals surface area contributed by atoms with Crippen molar-refractivity contribution in [2.45, 2.75) is 38.8 Å². The van der Waals surface area contributed by atoms with Crippen LogP contribution in [-0.4, -0.2) is 42.4 Å². The fraction of sp³-hybridized carbons (Fsp3) is 0.545. The molecule has 1 aromatic rings. The van der Waals surface area contributed by atoms with E-state index in [0.717, 1.165) is 56.0 Å². The molecule has 1 aliphatic heterocycles. The largest absolute Gasteiger partial charge is 0.490 e. The van der Waals surface area contributed by atoms with Crippen molar-refractivity contribution >= 4 is 0 Å². The van der Waals surface area contributed by atoms with Crippen LogP contribution in [0.25, 0.3) is 0 Å². The summed E-state index contributed by atoms with van der Waals surface area (Å²) >= 11 is 0. The average Bonchev–Trinajstić information content (AvgIpc) is 3.11. The first-order chi connectivity index (χ1) is 12.6. The Bertz CT molecular complexity index is 629. The zero-order valence-corrected chi connectivity index (χ0v) is 15.8. The molecular formula is C22H31NO3. The van der Waals surface area contributed by atoms with Crippen molar-refractivity contribution in [1.82, 2.24) is 4.90 Å². The van der Waals surface area contributed by atoms with E-state index in [-0.39, 0.29) is 6.10 Å². The maximum absolute atomic E-state index is 9.84. The fourth-order valence-electron chi connectivity index (χ4n) is 4.44. The summed E-state index contributed by atoms with van der Waals surface area (Å²) in [7, 11) is 0. The van der Waals surface area contributed by atoms with Gasteiger partial charge in [0, 0.05) is 25.2 Å². The second-order valence-corrected chi connectivity index (χ2v) is 7.45. The van der Waals surface area contributed by atoms with Crippen molar-refractivity contribution in [3.05, 3.63) is 48.6 Å². The predicted octanol–water partition coefficient (Wildman–Crippen LogP) is 3.58. The molecule has 142 valence electrons. The molecule has 4 nitrogen and oxygen atoms in total. The quantitative estimate of drug-likeness (QED) is 0.686. The maximum Gasteiger partial charge on any atom is 0.165 e. The van der Waals surface area contributed by atoms with Crippen LogP contribution in [0.3, 0.4) is 0 Å². The van der Waals surface area contributed by atoms with Gasteiger partial charge >= 0.3 is 0 Å². The fourth-order valence-corrected chi connectivity index (χ4v) is 4.44. The Morgan fingerprint density at radius 1 is 1.15 bits per heavy atom. The average molecular weight is 357 g/mol. The van der Waals surface area contributed by atoms with Gasteiger partial charge in [0.15, 0.2) is 11.5 Å². The number of fused-ring (bicyclic) bond motifs is 1. The first-order valence-corrected chi connectivity index (χ1v) is 9.68. The number of rotatable bonds is 9. The van der Waals surface area contributed by atoms with E-state index in [4.69, 9.17) is 9.47 Å². The van der Waals surface area contributed by atoms with E-state index >= 15 is 0 Å². The molecule has 2 fully saturated rings. The van der Waals surface area contributed by atoms with E-state index < -0.39 is 0 Å². The third-order valence-corrected chi connectivity index (χ3v) is 5.41. The molecule has 1 aliphatic carbocycles. The Balaban J connectivity index is 1.78. The summed E-state index contributed by atoms with van der Waals surface area (Å²) in [5, 5.41) is 9.84. The van der Waals surface area contributed by atoms with E-state index in [1.165, 1.54) is 5.56 Å². The van der Waals surface area contributed by atoms with Crippen LogP contribution in [0.2, 0.25) is 0 Å². The Kier molecular flexibility index (Phi) is 6.38. The van der Waals surface area contributed by atoms with Crippen molar-refractivity contribution in [3.63, 3.8) is 0 Å². The summed E-state index contributed by atoms with van der Waals surface area (Å²) in [6, 6.07) is 4.32. The second-order valence-electron chi connectivity index (χ2n) is 7.45. The number of ether oxygens (including phenoxy) is 2. The van der Waals surface area contributed by atoms with E-state index in [1.807, 2.05) is 13.0 Å². The van der Waals surface area contributed by atoms with E-state index in [2.05, 4.69) is 30.2 Å². The number of benzene rings is 1. The molecule has 1 saturated carbocycles. The summed E-state index contributed by atoms with van der Waals surface area (Å²) in [6.07, 6.45) is 6.23. The molecule has 0 spiro atoms. The third-order valence-electron chi connectivity index (χ3n) is 5.41. The molecule has 3 atom stereocenters. The molecule has 0 radical (unpaired) electrons. The minimum absolute atomic E-state index is 0.0859. The van der Waals surface area contributed by atoms with Gasteiger partial charge in [-0.25, -0.2) is 0 Å². The van der Waals surface area contributed by atoms with Gasteiger partial charge in [0.25, 0.3) is 0 Å². The molecule has 1 unspecified atom stereocenters. The molecule has 26 heavy (non-hydrogen) atoms. The lowest BCUT2D eigenvalue weighted by molar-refractivity contribution is 0.161. The Morgan fingerprint density at radius 3 is 2.50 bits per heavy atom. The zero-order chi connectivity index (χ0) is 18.5. The summed E-state index contributed by atoms with van der Waals surface area (Å²) in [4.78, 5) is 2.51. The highest BCUT2D eigenvalue weighted by molar-refractivity contribution is 5.50. The van der Waals surface area contributed by atoms with Crippen molar-refractivity contribution < 1.29 is 14.6 Å².